The molecule has 0 aromatic heterocycles. The van der Waals surface area contributed by atoms with Gasteiger partial charge < -0.3 is 10.2 Å². The Kier molecular flexibility index (Phi) is 3.96. The first-order valence-corrected chi connectivity index (χ1v) is 7.13. The van der Waals surface area contributed by atoms with E-state index < -0.39 is 0 Å². The van der Waals surface area contributed by atoms with Crippen LogP contribution < -0.4 is 10.2 Å². The normalized spacial score (nSPS) is 23.1. The first-order chi connectivity index (χ1) is 8.53. The van der Waals surface area contributed by atoms with Gasteiger partial charge in [-0.1, -0.05) is 31.5 Å². The van der Waals surface area contributed by atoms with Crippen molar-refractivity contribution in [2.75, 3.05) is 18.0 Å². The number of aryl methyl sites for hydroxylation is 1. The molecule has 1 unspecified atom stereocenters. The van der Waals surface area contributed by atoms with Crippen molar-refractivity contribution < 1.29 is 0 Å². The van der Waals surface area contributed by atoms with E-state index in [0.717, 1.165) is 13.1 Å². The van der Waals surface area contributed by atoms with E-state index in [2.05, 4.69) is 62.2 Å². The van der Waals surface area contributed by atoms with Crippen LogP contribution in [0.3, 0.4) is 0 Å². The SMILES string of the molecule is CCCc1ccccc1N1CC(C)(C)NCC1C. The summed E-state index contributed by atoms with van der Waals surface area (Å²) < 4.78 is 0. The monoisotopic (exact) mass is 246 g/mol. The molecule has 2 rings (SSSR count). The third-order valence-corrected chi connectivity index (χ3v) is 3.79. The predicted molar refractivity (Wildman–Crippen MR) is 79.3 cm³/mol. The zero-order valence-electron chi connectivity index (χ0n) is 12.2. The third kappa shape index (κ3) is 2.86. The summed E-state index contributed by atoms with van der Waals surface area (Å²) in [5, 5.41) is 3.62. The average Bonchev–Trinajstić information content (AvgIpc) is 2.34. The molecule has 1 aromatic carbocycles. The summed E-state index contributed by atoms with van der Waals surface area (Å²) in [5.41, 5.74) is 3.12. The van der Waals surface area contributed by atoms with E-state index in [4.69, 9.17) is 0 Å². The van der Waals surface area contributed by atoms with Gasteiger partial charge in [0, 0.05) is 30.4 Å². The summed E-state index contributed by atoms with van der Waals surface area (Å²) in [6.07, 6.45) is 2.38. The van der Waals surface area contributed by atoms with Crippen molar-refractivity contribution in [3.05, 3.63) is 29.8 Å². The second-order valence-corrected chi connectivity index (χ2v) is 6.12. The minimum Gasteiger partial charge on any atom is -0.365 e. The fraction of sp³-hybridized carbons (Fsp3) is 0.625. The maximum atomic E-state index is 3.62. The van der Waals surface area contributed by atoms with Gasteiger partial charge in [0.15, 0.2) is 0 Å². The Morgan fingerprint density at radius 2 is 2.06 bits per heavy atom. The van der Waals surface area contributed by atoms with E-state index in [9.17, 15) is 0 Å². The molecule has 1 saturated heterocycles. The zero-order chi connectivity index (χ0) is 13.2. The van der Waals surface area contributed by atoms with Gasteiger partial charge in [0.05, 0.1) is 0 Å². The number of piperazine rings is 1. The molecule has 0 bridgehead atoms. The first-order valence-electron chi connectivity index (χ1n) is 7.13. The maximum absolute atomic E-state index is 3.62. The molecule has 2 heteroatoms. The van der Waals surface area contributed by atoms with Crippen LogP contribution in [0.1, 0.15) is 39.7 Å². The first kappa shape index (κ1) is 13.4. The van der Waals surface area contributed by atoms with E-state index >= 15 is 0 Å². The van der Waals surface area contributed by atoms with Gasteiger partial charge in [0.1, 0.15) is 0 Å². The highest BCUT2D eigenvalue weighted by molar-refractivity contribution is 5.55. The molecule has 1 aromatic rings. The molecule has 0 aliphatic carbocycles. The highest BCUT2D eigenvalue weighted by Crippen LogP contribution is 2.27. The number of para-hydroxylation sites is 1. The maximum Gasteiger partial charge on any atom is 0.0402 e. The largest absolute Gasteiger partial charge is 0.365 e. The van der Waals surface area contributed by atoms with Crippen LogP contribution in [0.2, 0.25) is 0 Å². The fourth-order valence-electron chi connectivity index (χ4n) is 2.77. The molecule has 0 amide bonds. The van der Waals surface area contributed by atoms with Crippen molar-refractivity contribution in [1.29, 1.82) is 0 Å². The van der Waals surface area contributed by atoms with Gasteiger partial charge in [0.2, 0.25) is 0 Å². The zero-order valence-corrected chi connectivity index (χ0v) is 12.2. The van der Waals surface area contributed by atoms with Gasteiger partial charge in [-0.15, -0.1) is 0 Å². The molecule has 1 aliphatic rings. The van der Waals surface area contributed by atoms with Crippen LogP contribution in [0.4, 0.5) is 5.69 Å². The number of hydrogen-bond acceptors (Lipinski definition) is 2. The van der Waals surface area contributed by atoms with E-state index in [1.807, 2.05) is 0 Å². The van der Waals surface area contributed by atoms with Crippen molar-refractivity contribution in [1.82, 2.24) is 5.32 Å². The summed E-state index contributed by atoms with van der Waals surface area (Å²) in [4.78, 5) is 2.57. The van der Waals surface area contributed by atoms with Gasteiger partial charge >= 0.3 is 0 Å². The van der Waals surface area contributed by atoms with Crippen molar-refractivity contribution >= 4 is 5.69 Å². The number of rotatable bonds is 3. The number of nitrogens with one attached hydrogen (secondary N) is 1. The number of benzene rings is 1. The standard InChI is InChI=1S/C16H26N2/c1-5-8-14-9-6-7-10-15(14)18-12-16(3,4)17-11-13(18)2/h6-7,9-10,13,17H,5,8,11-12H2,1-4H3. The summed E-state index contributed by atoms with van der Waals surface area (Å²) in [6.45, 7) is 11.3. The van der Waals surface area contributed by atoms with E-state index in [-0.39, 0.29) is 5.54 Å². The molecule has 1 heterocycles. The minimum atomic E-state index is 0.200. The average molecular weight is 246 g/mol. The molecule has 100 valence electrons. The van der Waals surface area contributed by atoms with Crippen LogP contribution >= 0.6 is 0 Å². The summed E-state index contributed by atoms with van der Waals surface area (Å²) in [5.74, 6) is 0. The molecular formula is C16H26N2. The number of nitrogens with zero attached hydrogens (tertiary/aromatic N) is 1. The number of hydrogen-bond donors (Lipinski definition) is 1. The number of anilines is 1. The van der Waals surface area contributed by atoms with Crippen molar-refractivity contribution in [2.45, 2.75) is 52.1 Å². The van der Waals surface area contributed by atoms with Gasteiger partial charge in [-0.05, 0) is 38.8 Å². The fourth-order valence-corrected chi connectivity index (χ4v) is 2.77. The van der Waals surface area contributed by atoms with Crippen LogP contribution in [0.15, 0.2) is 24.3 Å². The molecule has 1 fully saturated rings. The van der Waals surface area contributed by atoms with Crippen LogP contribution in [-0.2, 0) is 6.42 Å². The Morgan fingerprint density at radius 3 is 2.78 bits per heavy atom. The van der Waals surface area contributed by atoms with Crippen molar-refractivity contribution in [3.63, 3.8) is 0 Å². The Hall–Kier alpha value is -1.02. The molecule has 0 saturated carbocycles. The van der Waals surface area contributed by atoms with E-state index in [0.29, 0.717) is 6.04 Å². The van der Waals surface area contributed by atoms with Gasteiger partial charge in [0.25, 0.3) is 0 Å². The predicted octanol–water partition coefficient (Wildman–Crippen LogP) is 3.22. The van der Waals surface area contributed by atoms with E-state index in [1.165, 1.54) is 24.1 Å². The summed E-state index contributed by atoms with van der Waals surface area (Å²) >= 11 is 0. The molecule has 0 spiro atoms. The van der Waals surface area contributed by atoms with Crippen molar-refractivity contribution in [2.24, 2.45) is 0 Å². The van der Waals surface area contributed by atoms with E-state index in [1.54, 1.807) is 0 Å². The molecule has 18 heavy (non-hydrogen) atoms. The molecule has 1 N–H and O–H groups in total. The summed E-state index contributed by atoms with van der Waals surface area (Å²) in [6, 6.07) is 9.45. The van der Waals surface area contributed by atoms with Gasteiger partial charge in [-0.2, -0.15) is 0 Å². The smallest absolute Gasteiger partial charge is 0.0402 e. The highest BCUT2D eigenvalue weighted by Gasteiger charge is 2.30. The molecule has 1 atom stereocenters. The lowest BCUT2D eigenvalue weighted by molar-refractivity contribution is 0.318. The molecule has 0 radical (unpaired) electrons. The Bertz CT molecular complexity index is 398. The minimum absolute atomic E-state index is 0.200. The Morgan fingerprint density at radius 1 is 1.33 bits per heavy atom. The van der Waals surface area contributed by atoms with Gasteiger partial charge in [-0.3, -0.25) is 0 Å². The lowest BCUT2D eigenvalue weighted by Crippen LogP contribution is -2.61. The third-order valence-electron chi connectivity index (χ3n) is 3.79. The van der Waals surface area contributed by atoms with Crippen LogP contribution in [0.5, 0.6) is 0 Å². The van der Waals surface area contributed by atoms with Crippen LogP contribution in [-0.4, -0.2) is 24.7 Å². The summed E-state index contributed by atoms with van der Waals surface area (Å²) in [7, 11) is 0. The lowest BCUT2D eigenvalue weighted by atomic mass is 9.97. The van der Waals surface area contributed by atoms with Crippen molar-refractivity contribution in [3.8, 4) is 0 Å². The quantitative estimate of drug-likeness (QED) is 0.881. The second kappa shape index (κ2) is 5.31. The highest BCUT2D eigenvalue weighted by atomic mass is 15.2. The topological polar surface area (TPSA) is 15.3 Å². The lowest BCUT2D eigenvalue weighted by Gasteiger charge is -2.45. The van der Waals surface area contributed by atoms with Crippen LogP contribution in [0.25, 0.3) is 0 Å². The van der Waals surface area contributed by atoms with Crippen LogP contribution in [0, 0.1) is 0 Å². The Labute approximate surface area is 111 Å². The van der Waals surface area contributed by atoms with Gasteiger partial charge in [-0.25, -0.2) is 0 Å². The Balaban J connectivity index is 2.28. The molecular weight excluding hydrogens is 220 g/mol. The molecule has 1 aliphatic heterocycles. The molecule has 2 nitrogen and oxygen atoms in total. The second-order valence-electron chi connectivity index (χ2n) is 6.12.